The number of aliphatic imine (C=N–C) groups is 1. The van der Waals surface area contributed by atoms with E-state index in [1.165, 1.54) is 29.8 Å². The van der Waals surface area contributed by atoms with E-state index in [4.69, 9.17) is 9.47 Å². The molecule has 1 aliphatic heterocycles. The van der Waals surface area contributed by atoms with E-state index in [0.29, 0.717) is 24.1 Å². The summed E-state index contributed by atoms with van der Waals surface area (Å²) in [5, 5.41) is 2.27. The molecule has 7 nitrogen and oxygen atoms in total. The van der Waals surface area contributed by atoms with Crippen LogP contribution < -0.4 is 10.1 Å². The number of benzene rings is 2. The lowest BCUT2D eigenvalue weighted by molar-refractivity contribution is -0.129. The van der Waals surface area contributed by atoms with E-state index in [0.717, 1.165) is 5.56 Å². The third-order valence-electron chi connectivity index (χ3n) is 4.53. The molecular weight excluding hydrogens is 421 g/mol. The Morgan fingerprint density at radius 3 is 2.77 bits per heavy atom. The van der Waals surface area contributed by atoms with E-state index >= 15 is 0 Å². The topological polar surface area (TPSA) is 80.2 Å². The maximum atomic E-state index is 14.1. The fraction of sp³-hybridized carbons (Fsp3) is 0.318. The Kier molecular flexibility index (Phi) is 8.02. The number of hydrogen-bond donors (Lipinski definition) is 1. The predicted octanol–water partition coefficient (Wildman–Crippen LogP) is 3.12. The van der Waals surface area contributed by atoms with Gasteiger partial charge in [-0.25, -0.2) is 9.38 Å². The van der Waals surface area contributed by atoms with Crippen LogP contribution in [-0.4, -0.2) is 54.5 Å². The van der Waals surface area contributed by atoms with Crippen LogP contribution in [0.1, 0.15) is 12.0 Å². The van der Waals surface area contributed by atoms with E-state index in [2.05, 4.69) is 10.3 Å². The number of halogens is 1. The van der Waals surface area contributed by atoms with Crippen molar-refractivity contribution in [2.24, 2.45) is 4.99 Å². The Balaban J connectivity index is 1.85. The average molecular weight is 446 g/mol. The van der Waals surface area contributed by atoms with Gasteiger partial charge in [0.05, 0.1) is 13.2 Å². The molecule has 1 fully saturated rings. The van der Waals surface area contributed by atoms with Crippen LogP contribution in [0, 0.1) is 5.82 Å². The highest BCUT2D eigenvalue weighted by molar-refractivity contribution is 8.15. The van der Waals surface area contributed by atoms with Crippen LogP contribution in [0.25, 0.3) is 0 Å². The SMILES string of the molecule is CNC(=O)CC1SC(=Nc2ccccc2F)N(Cc2cccc(OCCOC)c2)C1=O. The van der Waals surface area contributed by atoms with Crippen molar-refractivity contribution in [1.29, 1.82) is 0 Å². The summed E-state index contributed by atoms with van der Waals surface area (Å²) >= 11 is 1.17. The Bertz CT molecular complexity index is 969. The number of thioether (sulfide) groups is 1. The number of carbonyl (C=O) groups excluding carboxylic acids is 2. The summed E-state index contributed by atoms with van der Waals surface area (Å²) in [4.78, 5) is 30.8. The van der Waals surface area contributed by atoms with Gasteiger partial charge in [0.2, 0.25) is 11.8 Å². The Hall–Kier alpha value is -2.91. The first-order valence-electron chi connectivity index (χ1n) is 9.74. The van der Waals surface area contributed by atoms with Gasteiger partial charge in [0.25, 0.3) is 0 Å². The molecule has 9 heteroatoms. The molecule has 0 saturated carbocycles. The molecule has 1 atom stereocenters. The molecule has 0 spiro atoms. The molecule has 0 bridgehead atoms. The molecule has 1 aliphatic rings. The Morgan fingerprint density at radius 2 is 2.03 bits per heavy atom. The van der Waals surface area contributed by atoms with Gasteiger partial charge in [0.15, 0.2) is 5.17 Å². The van der Waals surface area contributed by atoms with Gasteiger partial charge < -0.3 is 14.8 Å². The van der Waals surface area contributed by atoms with Crippen LogP contribution in [0.2, 0.25) is 0 Å². The number of nitrogens with zero attached hydrogens (tertiary/aromatic N) is 2. The van der Waals surface area contributed by atoms with Crippen molar-refractivity contribution in [3.05, 3.63) is 59.9 Å². The highest BCUT2D eigenvalue weighted by Crippen LogP contribution is 2.33. The molecule has 1 saturated heterocycles. The van der Waals surface area contributed by atoms with E-state index in [1.54, 1.807) is 25.3 Å². The normalized spacial score (nSPS) is 17.3. The molecule has 1 N–H and O–H groups in total. The number of nitrogens with one attached hydrogen (secondary N) is 1. The van der Waals surface area contributed by atoms with Gasteiger partial charge in [-0.1, -0.05) is 36.0 Å². The van der Waals surface area contributed by atoms with Crippen molar-refractivity contribution < 1.29 is 23.5 Å². The van der Waals surface area contributed by atoms with Crippen molar-refractivity contribution in [3.8, 4) is 5.75 Å². The van der Waals surface area contributed by atoms with E-state index < -0.39 is 11.1 Å². The second kappa shape index (κ2) is 10.9. The minimum Gasteiger partial charge on any atom is -0.491 e. The molecular formula is C22H24FN3O4S. The van der Waals surface area contributed by atoms with Gasteiger partial charge in [-0.15, -0.1) is 0 Å². The minimum absolute atomic E-state index is 0.0208. The fourth-order valence-electron chi connectivity index (χ4n) is 2.95. The molecule has 1 unspecified atom stereocenters. The first-order valence-corrected chi connectivity index (χ1v) is 10.6. The summed E-state index contributed by atoms with van der Waals surface area (Å²) in [7, 11) is 3.12. The maximum absolute atomic E-state index is 14.1. The van der Waals surface area contributed by atoms with E-state index in [-0.39, 0.29) is 30.5 Å². The van der Waals surface area contributed by atoms with Crippen LogP contribution >= 0.6 is 11.8 Å². The van der Waals surface area contributed by atoms with Crippen molar-refractivity contribution >= 4 is 34.4 Å². The summed E-state index contributed by atoms with van der Waals surface area (Å²) in [6.07, 6.45) is 0.0208. The van der Waals surface area contributed by atoms with Crippen LogP contribution in [0.5, 0.6) is 5.75 Å². The second-order valence-corrected chi connectivity index (χ2v) is 7.91. The van der Waals surface area contributed by atoms with Crippen molar-refractivity contribution in [2.75, 3.05) is 27.4 Å². The monoisotopic (exact) mass is 445 g/mol. The highest BCUT2D eigenvalue weighted by atomic mass is 32.2. The molecule has 3 rings (SSSR count). The molecule has 31 heavy (non-hydrogen) atoms. The van der Waals surface area contributed by atoms with E-state index in [1.807, 2.05) is 24.3 Å². The minimum atomic E-state index is -0.619. The maximum Gasteiger partial charge on any atom is 0.242 e. The zero-order valence-electron chi connectivity index (χ0n) is 17.3. The first-order chi connectivity index (χ1) is 15.0. The lowest BCUT2D eigenvalue weighted by Gasteiger charge is -2.17. The van der Waals surface area contributed by atoms with Gasteiger partial charge in [-0.2, -0.15) is 0 Å². The largest absolute Gasteiger partial charge is 0.491 e. The Morgan fingerprint density at radius 1 is 1.23 bits per heavy atom. The van der Waals surface area contributed by atoms with Gasteiger partial charge in [0, 0.05) is 20.6 Å². The molecule has 0 radical (unpaired) electrons. The molecule has 1 heterocycles. The standard InChI is InChI=1S/C22H24FN3O4S/c1-24-20(27)13-19-21(28)26(22(31-19)25-18-9-4-3-8-17(18)23)14-15-6-5-7-16(12-15)30-11-10-29-2/h3-9,12,19H,10-11,13-14H2,1-2H3,(H,24,27). The third-order valence-corrected chi connectivity index (χ3v) is 5.71. The molecule has 164 valence electrons. The number of amides is 2. The zero-order chi connectivity index (χ0) is 22.2. The number of ether oxygens (including phenoxy) is 2. The summed E-state index contributed by atoms with van der Waals surface area (Å²) in [6, 6.07) is 13.5. The lowest BCUT2D eigenvalue weighted by atomic mass is 10.2. The number of hydrogen-bond acceptors (Lipinski definition) is 6. The molecule has 0 aliphatic carbocycles. The van der Waals surface area contributed by atoms with Crippen LogP contribution in [-0.2, 0) is 20.9 Å². The summed E-state index contributed by atoms with van der Waals surface area (Å²) in [5.74, 6) is -0.310. The summed E-state index contributed by atoms with van der Waals surface area (Å²) < 4.78 is 24.8. The summed E-state index contributed by atoms with van der Waals surface area (Å²) in [6.45, 7) is 1.10. The molecule has 0 aromatic heterocycles. The Labute approximate surface area is 184 Å². The highest BCUT2D eigenvalue weighted by Gasteiger charge is 2.39. The van der Waals surface area contributed by atoms with Crippen molar-refractivity contribution in [2.45, 2.75) is 18.2 Å². The molecule has 2 amide bonds. The second-order valence-electron chi connectivity index (χ2n) is 6.74. The number of amidine groups is 1. The molecule has 2 aromatic rings. The number of methoxy groups -OCH3 is 1. The van der Waals surface area contributed by atoms with Gasteiger partial charge in [0.1, 0.15) is 29.1 Å². The van der Waals surface area contributed by atoms with Crippen LogP contribution in [0.4, 0.5) is 10.1 Å². The van der Waals surface area contributed by atoms with Crippen LogP contribution in [0.3, 0.4) is 0 Å². The quantitative estimate of drug-likeness (QED) is 0.600. The van der Waals surface area contributed by atoms with Gasteiger partial charge >= 0.3 is 0 Å². The number of para-hydroxylation sites is 1. The number of rotatable bonds is 9. The average Bonchev–Trinajstić information content (AvgIpc) is 3.04. The molecule has 2 aromatic carbocycles. The van der Waals surface area contributed by atoms with Crippen molar-refractivity contribution in [1.82, 2.24) is 10.2 Å². The van der Waals surface area contributed by atoms with Crippen molar-refractivity contribution in [3.63, 3.8) is 0 Å². The smallest absolute Gasteiger partial charge is 0.242 e. The van der Waals surface area contributed by atoms with Crippen LogP contribution in [0.15, 0.2) is 53.5 Å². The number of carbonyl (C=O) groups is 2. The predicted molar refractivity (Wildman–Crippen MR) is 118 cm³/mol. The fourth-order valence-corrected chi connectivity index (χ4v) is 4.10. The van der Waals surface area contributed by atoms with Gasteiger partial charge in [-0.05, 0) is 29.8 Å². The third kappa shape index (κ3) is 6.05. The first kappa shape index (κ1) is 22.8. The lowest BCUT2D eigenvalue weighted by Crippen LogP contribution is -2.33. The van der Waals surface area contributed by atoms with E-state index in [9.17, 15) is 14.0 Å². The van der Waals surface area contributed by atoms with Gasteiger partial charge in [-0.3, -0.25) is 14.5 Å². The summed E-state index contributed by atoms with van der Waals surface area (Å²) in [5.41, 5.74) is 0.964. The zero-order valence-corrected chi connectivity index (χ0v) is 18.2.